The van der Waals surface area contributed by atoms with Crippen LogP contribution in [0.25, 0.3) is 0 Å². The standard InChI is InChI=1S/C15H22FN3/c1-18-6-8-19(9-7-18)14-3-2-12(10-13(14)16)15(11-17)4-5-15/h2-3,10H,4-9,11,17H2,1H3. The molecule has 1 aliphatic carbocycles. The second-order valence-electron chi connectivity index (χ2n) is 5.94. The summed E-state index contributed by atoms with van der Waals surface area (Å²) in [5.74, 6) is -0.0956. The molecular weight excluding hydrogens is 241 g/mol. The molecule has 19 heavy (non-hydrogen) atoms. The Kier molecular flexibility index (Phi) is 3.23. The van der Waals surface area contributed by atoms with Crippen molar-refractivity contribution < 1.29 is 4.39 Å². The number of hydrogen-bond acceptors (Lipinski definition) is 3. The highest BCUT2D eigenvalue weighted by molar-refractivity contribution is 5.51. The number of anilines is 1. The van der Waals surface area contributed by atoms with Gasteiger partial charge < -0.3 is 15.5 Å². The lowest BCUT2D eigenvalue weighted by atomic mass is 9.95. The Bertz CT molecular complexity index is 462. The molecule has 2 N–H and O–H groups in total. The summed E-state index contributed by atoms with van der Waals surface area (Å²) in [5.41, 5.74) is 7.69. The minimum Gasteiger partial charge on any atom is -0.367 e. The highest BCUT2D eigenvalue weighted by atomic mass is 19.1. The van der Waals surface area contributed by atoms with Gasteiger partial charge in [0.1, 0.15) is 5.82 Å². The first-order valence-corrected chi connectivity index (χ1v) is 7.08. The first-order chi connectivity index (χ1) is 9.14. The second kappa shape index (κ2) is 4.76. The van der Waals surface area contributed by atoms with E-state index in [2.05, 4.69) is 22.9 Å². The summed E-state index contributed by atoms with van der Waals surface area (Å²) in [5, 5.41) is 0. The third-order valence-corrected chi connectivity index (χ3v) is 4.65. The molecule has 0 amide bonds. The fourth-order valence-electron chi connectivity index (χ4n) is 2.90. The zero-order valence-electron chi connectivity index (χ0n) is 11.5. The molecule has 0 atom stereocenters. The largest absolute Gasteiger partial charge is 0.367 e. The Morgan fingerprint density at radius 1 is 1.21 bits per heavy atom. The van der Waals surface area contributed by atoms with E-state index < -0.39 is 0 Å². The quantitative estimate of drug-likeness (QED) is 0.898. The van der Waals surface area contributed by atoms with E-state index in [0.717, 1.165) is 50.3 Å². The van der Waals surface area contributed by atoms with Crippen molar-refractivity contribution in [1.29, 1.82) is 0 Å². The van der Waals surface area contributed by atoms with E-state index in [0.29, 0.717) is 6.54 Å². The van der Waals surface area contributed by atoms with Crippen LogP contribution in [0.2, 0.25) is 0 Å². The highest BCUT2D eigenvalue weighted by Gasteiger charge is 2.43. The Labute approximate surface area is 114 Å². The highest BCUT2D eigenvalue weighted by Crippen LogP contribution is 2.47. The van der Waals surface area contributed by atoms with Crippen molar-refractivity contribution in [3.05, 3.63) is 29.6 Å². The molecule has 2 fully saturated rings. The Morgan fingerprint density at radius 3 is 2.42 bits per heavy atom. The summed E-state index contributed by atoms with van der Waals surface area (Å²) in [6, 6.07) is 5.70. The molecule has 4 heteroatoms. The van der Waals surface area contributed by atoms with E-state index in [1.54, 1.807) is 6.07 Å². The lowest BCUT2D eigenvalue weighted by molar-refractivity contribution is 0.311. The summed E-state index contributed by atoms with van der Waals surface area (Å²) in [6.45, 7) is 4.41. The monoisotopic (exact) mass is 263 g/mol. The van der Waals surface area contributed by atoms with Gasteiger partial charge in [-0.05, 0) is 37.6 Å². The molecule has 0 spiro atoms. The molecule has 1 aromatic rings. The number of likely N-dealkylation sites (N-methyl/N-ethyl adjacent to an activating group) is 1. The lowest BCUT2D eigenvalue weighted by Gasteiger charge is -2.34. The molecule has 3 nitrogen and oxygen atoms in total. The maximum atomic E-state index is 14.3. The van der Waals surface area contributed by atoms with Gasteiger partial charge in [0.05, 0.1) is 5.69 Å². The van der Waals surface area contributed by atoms with E-state index in [-0.39, 0.29) is 11.2 Å². The van der Waals surface area contributed by atoms with E-state index in [1.807, 2.05) is 6.07 Å². The van der Waals surface area contributed by atoms with Crippen LogP contribution in [-0.4, -0.2) is 44.7 Å². The van der Waals surface area contributed by atoms with Crippen LogP contribution < -0.4 is 10.6 Å². The van der Waals surface area contributed by atoms with Crippen LogP contribution in [0.4, 0.5) is 10.1 Å². The van der Waals surface area contributed by atoms with Crippen LogP contribution in [0, 0.1) is 5.82 Å². The first-order valence-electron chi connectivity index (χ1n) is 7.08. The fraction of sp³-hybridized carbons (Fsp3) is 0.600. The van der Waals surface area contributed by atoms with E-state index in [4.69, 9.17) is 5.73 Å². The Balaban J connectivity index is 1.80. The summed E-state index contributed by atoms with van der Waals surface area (Å²) in [6.07, 6.45) is 2.19. The molecule has 0 aromatic heterocycles. The maximum absolute atomic E-state index is 14.3. The van der Waals surface area contributed by atoms with Crippen LogP contribution in [-0.2, 0) is 5.41 Å². The van der Waals surface area contributed by atoms with Gasteiger partial charge in [0.2, 0.25) is 0 Å². The number of nitrogens with two attached hydrogens (primary N) is 1. The van der Waals surface area contributed by atoms with E-state index in [1.165, 1.54) is 0 Å². The Morgan fingerprint density at radius 2 is 1.89 bits per heavy atom. The van der Waals surface area contributed by atoms with Gasteiger partial charge >= 0.3 is 0 Å². The zero-order chi connectivity index (χ0) is 13.5. The predicted octanol–water partition coefficient (Wildman–Crippen LogP) is 1.57. The van der Waals surface area contributed by atoms with Crippen molar-refractivity contribution in [2.24, 2.45) is 5.73 Å². The van der Waals surface area contributed by atoms with Gasteiger partial charge in [0, 0.05) is 38.1 Å². The fourth-order valence-corrected chi connectivity index (χ4v) is 2.90. The average Bonchev–Trinajstić information content (AvgIpc) is 3.21. The van der Waals surface area contributed by atoms with Crippen LogP contribution in [0.1, 0.15) is 18.4 Å². The number of nitrogens with zero attached hydrogens (tertiary/aromatic N) is 2. The lowest BCUT2D eigenvalue weighted by Crippen LogP contribution is -2.44. The average molecular weight is 263 g/mol. The topological polar surface area (TPSA) is 32.5 Å². The molecule has 1 saturated carbocycles. The number of benzene rings is 1. The van der Waals surface area contributed by atoms with Gasteiger partial charge in [-0.1, -0.05) is 6.07 Å². The van der Waals surface area contributed by atoms with Crippen molar-refractivity contribution in [2.45, 2.75) is 18.3 Å². The number of hydrogen-bond donors (Lipinski definition) is 1. The van der Waals surface area contributed by atoms with Crippen LogP contribution >= 0.6 is 0 Å². The van der Waals surface area contributed by atoms with E-state index in [9.17, 15) is 4.39 Å². The van der Waals surface area contributed by atoms with Crippen LogP contribution in [0.3, 0.4) is 0 Å². The van der Waals surface area contributed by atoms with Gasteiger partial charge in [-0.3, -0.25) is 0 Å². The molecule has 1 aromatic carbocycles. The predicted molar refractivity (Wildman–Crippen MR) is 76.1 cm³/mol. The number of piperazine rings is 1. The van der Waals surface area contributed by atoms with Crippen molar-refractivity contribution in [1.82, 2.24) is 4.90 Å². The molecule has 2 aliphatic rings. The van der Waals surface area contributed by atoms with Gasteiger partial charge in [-0.2, -0.15) is 0 Å². The van der Waals surface area contributed by atoms with Gasteiger partial charge in [-0.15, -0.1) is 0 Å². The smallest absolute Gasteiger partial charge is 0.146 e. The number of halogens is 1. The summed E-state index contributed by atoms with van der Waals surface area (Å²) in [7, 11) is 2.11. The molecule has 1 heterocycles. The SMILES string of the molecule is CN1CCN(c2ccc(C3(CN)CC3)cc2F)CC1. The third-order valence-electron chi connectivity index (χ3n) is 4.65. The molecule has 0 bridgehead atoms. The molecule has 0 radical (unpaired) electrons. The molecule has 1 saturated heterocycles. The van der Waals surface area contributed by atoms with Gasteiger partial charge in [0.25, 0.3) is 0 Å². The maximum Gasteiger partial charge on any atom is 0.146 e. The molecular formula is C15H22FN3. The molecule has 104 valence electrons. The zero-order valence-corrected chi connectivity index (χ0v) is 11.5. The van der Waals surface area contributed by atoms with Crippen molar-refractivity contribution in [3.8, 4) is 0 Å². The van der Waals surface area contributed by atoms with Gasteiger partial charge in [0.15, 0.2) is 0 Å². The normalized spacial score (nSPS) is 22.6. The molecule has 1 aliphatic heterocycles. The first kappa shape index (κ1) is 12.9. The van der Waals surface area contributed by atoms with Gasteiger partial charge in [-0.25, -0.2) is 4.39 Å². The minimum atomic E-state index is -0.0956. The van der Waals surface area contributed by atoms with Crippen LogP contribution in [0.5, 0.6) is 0 Å². The minimum absolute atomic E-state index is 0.0709. The van der Waals surface area contributed by atoms with Crippen molar-refractivity contribution in [2.75, 3.05) is 44.7 Å². The summed E-state index contributed by atoms with van der Waals surface area (Å²) >= 11 is 0. The second-order valence-corrected chi connectivity index (χ2v) is 5.94. The third kappa shape index (κ3) is 2.35. The van der Waals surface area contributed by atoms with E-state index >= 15 is 0 Å². The number of rotatable bonds is 3. The summed E-state index contributed by atoms with van der Waals surface area (Å²) < 4.78 is 14.3. The summed E-state index contributed by atoms with van der Waals surface area (Å²) in [4.78, 5) is 4.41. The molecule has 0 unspecified atom stereocenters. The molecule has 3 rings (SSSR count). The van der Waals surface area contributed by atoms with Crippen molar-refractivity contribution in [3.63, 3.8) is 0 Å². The van der Waals surface area contributed by atoms with Crippen molar-refractivity contribution >= 4 is 5.69 Å². The van der Waals surface area contributed by atoms with Crippen LogP contribution in [0.15, 0.2) is 18.2 Å². The Hall–Kier alpha value is -1.13.